The van der Waals surface area contributed by atoms with Gasteiger partial charge in [-0.15, -0.1) is 0 Å². The topological polar surface area (TPSA) is 32.7 Å². The van der Waals surface area contributed by atoms with Crippen LogP contribution in [0.3, 0.4) is 0 Å². The summed E-state index contributed by atoms with van der Waals surface area (Å²) in [4.78, 5) is 2.29. The fourth-order valence-electron chi connectivity index (χ4n) is 3.51. The monoisotopic (exact) mass is 387 g/mol. The number of ether oxygens (including phenoxy) is 1. The van der Waals surface area contributed by atoms with Crippen molar-refractivity contribution in [3.05, 3.63) is 108 Å². The molecule has 0 saturated carbocycles. The fraction of sp³-hybridized carbons (Fsp3) is 0.231. The molecule has 0 aliphatic rings. The van der Waals surface area contributed by atoms with Crippen LogP contribution in [-0.2, 0) is 0 Å². The standard InChI is InChI=1S/C26H29NO2/c1-21(22-13-15-25(29-2)16-14-22)27(19-20-28)18-17-26(23-9-5-3-6-10-23)24-11-7-4-8-12-24/h3-17,21,28H,18-20H2,1-2H3/t21-/m1/s1. The molecule has 150 valence electrons. The van der Waals surface area contributed by atoms with Crippen LogP contribution in [0.1, 0.15) is 29.7 Å². The zero-order chi connectivity index (χ0) is 20.5. The minimum atomic E-state index is 0.125. The van der Waals surface area contributed by atoms with E-state index in [9.17, 15) is 5.11 Å². The molecule has 0 radical (unpaired) electrons. The van der Waals surface area contributed by atoms with Gasteiger partial charge in [0, 0.05) is 19.1 Å². The van der Waals surface area contributed by atoms with E-state index in [0.717, 1.165) is 12.3 Å². The van der Waals surface area contributed by atoms with Crippen LogP contribution < -0.4 is 4.74 Å². The van der Waals surface area contributed by atoms with Gasteiger partial charge in [-0.2, -0.15) is 0 Å². The Labute approximate surface area is 173 Å². The first-order valence-electron chi connectivity index (χ1n) is 10.0. The average molecular weight is 388 g/mol. The first kappa shape index (κ1) is 20.8. The number of nitrogens with zero attached hydrogens (tertiary/aromatic N) is 1. The number of methoxy groups -OCH3 is 1. The quantitative estimate of drug-likeness (QED) is 0.549. The highest BCUT2D eigenvalue weighted by atomic mass is 16.5. The van der Waals surface area contributed by atoms with E-state index in [1.165, 1.54) is 22.3 Å². The molecule has 0 aliphatic carbocycles. The van der Waals surface area contributed by atoms with Gasteiger partial charge < -0.3 is 9.84 Å². The molecule has 1 atom stereocenters. The van der Waals surface area contributed by atoms with Crippen molar-refractivity contribution in [2.75, 3.05) is 26.8 Å². The van der Waals surface area contributed by atoms with Crippen LogP contribution in [0.25, 0.3) is 5.57 Å². The van der Waals surface area contributed by atoms with Gasteiger partial charge in [-0.25, -0.2) is 0 Å². The fourth-order valence-corrected chi connectivity index (χ4v) is 3.51. The number of benzene rings is 3. The minimum Gasteiger partial charge on any atom is -0.497 e. The Kier molecular flexibility index (Phi) is 7.62. The Bertz CT molecular complexity index is 848. The molecule has 0 amide bonds. The second-order valence-corrected chi connectivity index (χ2v) is 7.02. The van der Waals surface area contributed by atoms with Gasteiger partial charge in [0.25, 0.3) is 0 Å². The van der Waals surface area contributed by atoms with Crippen molar-refractivity contribution in [2.24, 2.45) is 0 Å². The number of rotatable bonds is 9. The summed E-state index contributed by atoms with van der Waals surface area (Å²) < 4.78 is 5.27. The summed E-state index contributed by atoms with van der Waals surface area (Å²) in [6, 6.07) is 29.2. The Morgan fingerprint density at radius 3 is 1.93 bits per heavy atom. The predicted octanol–water partition coefficient (Wildman–Crippen LogP) is 5.18. The predicted molar refractivity (Wildman–Crippen MR) is 120 cm³/mol. The van der Waals surface area contributed by atoms with Crippen molar-refractivity contribution in [1.29, 1.82) is 0 Å². The van der Waals surface area contributed by atoms with Crippen LogP contribution in [0.15, 0.2) is 91.0 Å². The molecule has 1 N–H and O–H groups in total. The molecule has 29 heavy (non-hydrogen) atoms. The van der Waals surface area contributed by atoms with E-state index in [1.54, 1.807) is 7.11 Å². The molecular weight excluding hydrogens is 358 g/mol. The molecule has 0 spiro atoms. The minimum absolute atomic E-state index is 0.125. The molecule has 0 bridgehead atoms. The Hall–Kier alpha value is -2.88. The maximum Gasteiger partial charge on any atom is 0.118 e. The van der Waals surface area contributed by atoms with Gasteiger partial charge in [-0.05, 0) is 41.3 Å². The summed E-state index contributed by atoms with van der Waals surface area (Å²) in [6.07, 6.45) is 2.26. The lowest BCUT2D eigenvalue weighted by atomic mass is 9.97. The summed E-state index contributed by atoms with van der Waals surface area (Å²) in [5, 5.41) is 9.63. The van der Waals surface area contributed by atoms with E-state index in [2.05, 4.69) is 78.6 Å². The molecule has 3 aromatic carbocycles. The van der Waals surface area contributed by atoms with Gasteiger partial charge in [0.15, 0.2) is 0 Å². The molecule has 3 heteroatoms. The molecule has 0 heterocycles. The Morgan fingerprint density at radius 1 is 0.897 bits per heavy atom. The molecule has 0 aliphatic heterocycles. The van der Waals surface area contributed by atoms with Crippen LogP contribution in [-0.4, -0.2) is 36.8 Å². The molecule has 0 unspecified atom stereocenters. The largest absolute Gasteiger partial charge is 0.497 e. The van der Waals surface area contributed by atoms with E-state index < -0.39 is 0 Å². The zero-order valence-electron chi connectivity index (χ0n) is 17.2. The summed E-state index contributed by atoms with van der Waals surface area (Å²) in [5.74, 6) is 0.852. The third-order valence-electron chi connectivity index (χ3n) is 5.23. The van der Waals surface area contributed by atoms with E-state index in [1.807, 2.05) is 24.3 Å². The van der Waals surface area contributed by atoms with Gasteiger partial charge in [0.1, 0.15) is 5.75 Å². The molecule has 0 saturated heterocycles. The highest BCUT2D eigenvalue weighted by Gasteiger charge is 2.15. The van der Waals surface area contributed by atoms with Gasteiger partial charge in [-0.1, -0.05) is 78.9 Å². The van der Waals surface area contributed by atoms with Crippen molar-refractivity contribution < 1.29 is 9.84 Å². The van der Waals surface area contributed by atoms with Gasteiger partial charge in [0.05, 0.1) is 13.7 Å². The maximum absolute atomic E-state index is 9.63. The van der Waals surface area contributed by atoms with Crippen LogP contribution >= 0.6 is 0 Å². The van der Waals surface area contributed by atoms with Crippen LogP contribution in [0.5, 0.6) is 5.75 Å². The van der Waals surface area contributed by atoms with E-state index in [-0.39, 0.29) is 12.6 Å². The number of hydrogen-bond donors (Lipinski definition) is 1. The first-order chi connectivity index (χ1) is 14.2. The van der Waals surface area contributed by atoms with Crippen molar-refractivity contribution in [3.63, 3.8) is 0 Å². The highest BCUT2D eigenvalue weighted by Crippen LogP contribution is 2.26. The summed E-state index contributed by atoms with van der Waals surface area (Å²) in [6.45, 7) is 3.66. The van der Waals surface area contributed by atoms with E-state index in [0.29, 0.717) is 6.54 Å². The number of aliphatic hydroxyl groups is 1. The maximum atomic E-state index is 9.63. The van der Waals surface area contributed by atoms with Crippen molar-refractivity contribution >= 4 is 5.57 Å². The molecule has 3 nitrogen and oxygen atoms in total. The van der Waals surface area contributed by atoms with E-state index in [4.69, 9.17) is 4.74 Å². The number of hydrogen-bond acceptors (Lipinski definition) is 3. The summed E-state index contributed by atoms with van der Waals surface area (Å²) in [7, 11) is 1.68. The second-order valence-electron chi connectivity index (χ2n) is 7.02. The van der Waals surface area contributed by atoms with Crippen molar-refractivity contribution in [2.45, 2.75) is 13.0 Å². The van der Waals surface area contributed by atoms with Gasteiger partial charge >= 0.3 is 0 Å². The smallest absolute Gasteiger partial charge is 0.118 e. The summed E-state index contributed by atoms with van der Waals surface area (Å²) >= 11 is 0. The highest BCUT2D eigenvalue weighted by molar-refractivity contribution is 5.79. The van der Waals surface area contributed by atoms with Crippen LogP contribution in [0.2, 0.25) is 0 Å². The van der Waals surface area contributed by atoms with Crippen LogP contribution in [0, 0.1) is 0 Å². The lowest BCUT2D eigenvalue weighted by Crippen LogP contribution is -2.30. The lowest BCUT2D eigenvalue weighted by Gasteiger charge is -2.28. The second kappa shape index (κ2) is 10.6. The Balaban J connectivity index is 1.87. The molecule has 0 fully saturated rings. The number of aliphatic hydroxyl groups excluding tert-OH is 1. The van der Waals surface area contributed by atoms with Crippen molar-refractivity contribution in [1.82, 2.24) is 4.90 Å². The van der Waals surface area contributed by atoms with E-state index >= 15 is 0 Å². The van der Waals surface area contributed by atoms with Crippen LogP contribution in [0.4, 0.5) is 0 Å². The zero-order valence-corrected chi connectivity index (χ0v) is 17.2. The van der Waals surface area contributed by atoms with Gasteiger partial charge in [-0.3, -0.25) is 4.90 Å². The Morgan fingerprint density at radius 2 is 1.45 bits per heavy atom. The molecule has 0 aromatic heterocycles. The molecule has 3 aromatic rings. The average Bonchev–Trinajstić information content (AvgIpc) is 2.79. The third kappa shape index (κ3) is 5.57. The summed E-state index contributed by atoms with van der Waals surface area (Å²) in [5.41, 5.74) is 4.80. The lowest BCUT2D eigenvalue weighted by molar-refractivity contribution is 0.173. The normalized spacial score (nSPS) is 11.9. The molecular formula is C26H29NO2. The SMILES string of the molecule is COc1ccc([C@@H](C)N(CC=C(c2ccccc2)c2ccccc2)CCO)cc1. The van der Waals surface area contributed by atoms with Gasteiger partial charge in [0.2, 0.25) is 0 Å². The first-order valence-corrected chi connectivity index (χ1v) is 10.0. The molecule has 3 rings (SSSR count). The third-order valence-corrected chi connectivity index (χ3v) is 5.23. The van der Waals surface area contributed by atoms with Crippen molar-refractivity contribution in [3.8, 4) is 5.75 Å².